The van der Waals surface area contributed by atoms with Crippen molar-refractivity contribution in [2.24, 2.45) is 0 Å². The van der Waals surface area contributed by atoms with Crippen molar-refractivity contribution >= 4 is 37.8 Å². The summed E-state index contributed by atoms with van der Waals surface area (Å²) < 4.78 is 33.2. The lowest BCUT2D eigenvalue weighted by molar-refractivity contribution is -0.139. The monoisotopic (exact) mass is 509 g/mol. The summed E-state index contributed by atoms with van der Waals surface area (Å²) in [4.78, 5) is 24.2. The molecule has 0 aromatic heterocycles. The third kappa shape index (κ3) is 6.36. The van der Waals surface area contributed by atoms with Gasteiger partial charge in [-0.1, -0.05) is 46.3 Å². The highest BCUT2D eigenvalue weighted by Gasteiger charge is 2.36. The fraction of sp³-hybridized carbons (Fsp3) is 0.333. The Labute approximate surface area is 190 Å². The molecule has 1 aliphatic rings. The van der Waals surface area contributed by atoms with Crippen molar-refractivity contribution in [1.29, 1.82) is 0 Å². The lowest BCUT2D eigenvalue weighted by Gasteiger charge is -2.22. The molecule has 1 saturated heterocycles. The summed E-state index contributed by atoms with van der Waals surface area (Å²) in [5.74, 6) is -1.58. The van der Waals surface area contributed by atoms with E-state index < -0.39 is 28.1 Å². The molecular formula is C21H24BrN3O5S. The Hall–Kier alpha value is -2.27. The van der Waals surface area contributed by atoms with Crippen molar-refractivity contribution < 1.29 is 22.7 Å². The minimum atomic E-state index is -3.78. The van der Waals surface area contributed by atoms with Gasteiger partial charge in [0.1, 0.15) is 6.23 Å². The number of carbonyl (C=O) groups is 2. The second-order valence-electron chi connectivity index (χ2n) is 6.95. The van der Waals surface area contributed by atoms with Crippen molar-refractivity contribution in [3.05, 3.63) is 64.6 Å². The number of sulfonamides is 1. The number of nitrogens with zero attached hydrogens (tertiary/aromatic N) is 1. The van der Waals surface area contributed by atoms with E-state index in [-0.39, 0.29) is 24.6 Å². The Morgan fingerprint density at radius 2 is 1.71 bits per heavy atom. The molecule has 0 saturated carbocycles. The summed E-state index contributed by atoms with van der Waals surface area (Å²) in [5.41, 5.74) is 1.16. The van der Waals surface area contributed by atoms with Gasteiger partial charge in [-0.3, -0.25) is 9.59 Å². The predicted molar refractivity (Wildman–Crippen MR) is 119 cm³/mol. The normalized spacial score (nSPS) is 16.7. The third-order valence-electron chi connectivity index (χ3n) is 4.78. The fourth-order valence-electron chi connectivity index (χ4n) is 3.16. The molecule has 2 N–H and O–H groups in total. The summed E-state index contributed by atoms with van der Waals surface area (Å²) in [5, 5.41) is 5.03. The fourth-order valence-corrected chi connectivity index (χ4v) is 4.94. The quantitative estimate of drug-likeness (QED) is 0.415. The summed E-state index contributed by atoms with van der Waals surface area (Å²) in [6, 6.07) is 16.1. The largest absolute Gasteiger partial charge is 0.359 e. The summed E-state index contributed by atoms with van der Waals surface area (Å²) in [6.07, 6.45) is 0.624. The maximum Gasteiger partial charge on any atom is 0.309 e. The van der Waals surface area contributed by atoms with E-state index in [4.69, 9.17) is 4.74 Å². The van der Waals surface area contributed by atoms with Crippen LogP contribution in [0, 0.1) is 0 Å². The maximum absolute atomic E-state index is 12.9. The van der Waals surface area contributed by atoms with Gasteiger partial charge in [-0.15, -0.1) is 0 Å². The van der Waals surface area contributed by atoms with Gasteiger partial charge in [0.15, 0.2) is 0 Å². The van der Waals surface area contributed by atoms with Crippen molar-refractivity contribution in [3.8, 4) is 0 Å². The van der Waals surface area contributed by atoms with Crippen LogP contribution in [0.1, 0.15) is 12.0 Å². The van der Waals surface area contributed by atoms with Crippen LogP contribution in [-0.4, -0.2) is 57.0 Å². The van der Waals surface area contributed by atoms with E-state index in [1.165, 1.54) is 16.4 Å². The van der Waals surface area contributed by atoms with E-state index in [0.717, 1.165) is 16.5 Å². The first-order chi connectivity index (χ1) is 14.9. The molecule has 0 radical (unpaired) electrons. The van der Waals surface area contributed by atoms with Gasteiger partial charge in [0.05, 0.1) is 18.0 Å². The molecule has 0 unspecified atom stereocenters. The average Bonchev–Trinajstić information content (AvgIpc) is 3.25. The maximum atomic E-state index is 12.9. The second kappa shape index (κ2) is 10.9. The Morgan fingerprint density at radius 3 is 2.42 bits per heavy atom. The Morgan fingerprint density at radius 1 is 1.03 bits per heavy atom. The van der Waals surface area contributed by atoms with Crippen molar-refractivity contribution in [3.63, 3.8) is 0 Å². The first-order valence-corrected chi connectivity index (χ1v) is 12.1. The zero-order valence-electron chi connectivity index (χ0n) is 16.8. The molecule has 8 nitrogen and oxygen atoms in total. The molecule has 1 heterocycles. The third-order valence-corrected chi connectivity index (χ3v) is 7.21. The molecule has 2 amide bonds. The van der Waals surface area contributed by atoms with Crippen LogP contribution in [0.3, 0.4) is 0 Å². The van der Waals surface area contributed by atoms with Crippen LogP contribution in [0.5, 0.6) is 0 Å². The lowest BCUT2D eigenvalue weighted by atomic mass is 10.1. The Balaban J connectivity index is 1.46. The van der Waals surface area contributed by atoms with Gasteiger partial charge in [-0.05, 0) is 42.7 Å². The molecule has 3 rings (SSSR count). The van der Waals surface area contributed by atoms with Gasteiger partial charge in [0, 0.05) is 17.6 Å². The molecule has 2 aromatic carbocycles. The van der Waals surface area contributed by atoms with Gasteiger partial charge in [0.25, 0.3) is 0 Å². The zero-order chi connectivity index (χ0) is 22.3. The number of rotatable bonds is 8. The molecule has 1 fully saturated rings. The van der Waals surface area contributed by atoms with E-state index in [9.17, 15) is 18.0 Å². The number of amides is 2. The molecule has 2 aromatic rings. The zero-order valence-corrected chi connectivity index (χ0v) is 19.2. The number of hydrogen-bond acceptors (Lipinski definition) is 5. The molecular weight excluding hydrogens is 486 g/mol. The minimum Gasteiger partial charge on any atom is -0.359 e. The number of halogens is 1. The van der Waals surface area contributed by atoms with E-state index in [2.05, 4.69) is 26.6 Å². The summed E-state index contributed by atoms with van der Waals surface area (Å²) in [6.45, 7) is 0.629. The SMILES string of the molecule is O=C(NCCCc1ccccc1)C(=O)NC[C@@H]1OCCN1S(=O)(=O)c1ccc(Br)cc1. The van der Waals surface area contributed by atoms with Crippen LogP contribution in [0.15, 0.2) is 64.0 Å². The molecule has 0 bridgehead atoms. The average molecular weight is 510 g/mol. The highest BCUT2D eigenvalue weighted by atomic mass is 79.9. The van der Waals surface area contributed by atoms with E-state index in [1.54, 1.807) is 12.1 Å². The number of aryl methyl sites for hydroxylation is 1. The first-order valence-electron chi connectivity index (χ1n) is 9.87. The minimum absolute atomic E-state index is 0.119. The van der Waals surface area contributed by atoms with Crippen LogP contribution in [0.4, 0.5) is 0 Å². The van der Waals surface area contributed by atoms with Crippen LogP contribution in [-0.2, 0) is 30.8 Å². The van der Waals surface area contributed by atoms with Crippen LogP contribution < -0.4 is 10.6 Å². The van der Waals surface area contributed by atoms with Crippen molar-refractivity contribution in [2.75, 3.05) is 26.2 Å². The highest BCUT2D eigenvalue weighted by molar-refractivity contribution is 9.10. The lowest BCUT2D eigenvalue weighted by Crippen LogP contribution is -2.47. The number of benzene rings is 2. The second-order valence-corrected chi connectivity index (χ2v) is 9.76. The van der Waals surface area contributed by atoms with Crippen LogP contribution in [0.25, 0.3) is 0 Å². The van der Waals surface area contributed by atoms with Crippen molar-refractivity contribution in [1.82, 2.24) is 14.9 Å². The molecule has 0 spiro atoms. The smallest absolute Gasteiger partial charge is 0.309 e. The number of hydrogen-bond donors (Lipinski definition) is 2. The van der Waals surface area contributed by atoms with Gasteiger partial charge < -0.3 is 15.4 Å². The summed E-state index contributed by atoms with van der Waals surface area (Å²) in [7, 11) is -3.78. The predicted octanol–water partition coefficient (Wildman–Crippen LogP) is 1.66. The molecule has 10 heteroatoms. The molecule has 166 valence electrons. The Bertz CT molecular complexity index is 999. The van der Waals surface area contributed by atoms with Gasteiger partial charge in [-0.25, -0.2) is 8.42 Å². The summed E-state index contributed by atoms with van der Waals surface area (Å²) >= 11 is 3.28. The van der Waals surface area contributed by atoms with Gasteiger partial charge in [0.2, 0.25) is 10.0 Å². The Kier molecular flexibility index (Phi) is 8.19. The number of ether oxygens (including phenoxy) is 1. The van der Waals surface area contributed by atoms with Gasteiger partial charge in [-0.2, -0.15) is 4.31 Å². The number of carbonyl (C=O) groups excluding carboxylic acids is 2. The van der Waals surface area contributed by atoms with E-state index in [1.807, 2.05) is 30.3 Å². The molecule has 31 heavy (non-hydrogen) atoms. The topological polar surface area (TPSA) is 105 Å². The molecule has 1 atom stereocenters. The highest BCUT2D eigenvalue weighted by Crippen LogP contribution is 2.23. The van der Waals surface area contributed by atoms with E-state index >= 15 is 0 Å². The van der Waals surface area contributed by atoms with E-state index in [0.29, 0.717) is 13.0 Å². The van der Waals surface area contributed by atoms with Crippen molar-refractivity contribution in [2.45, 2.75) is 24.0 Å². The number of nitrogens with one attached hydrogen (secondary N) is 2. The van der Waals surface area contributed by atoms with Crippen LogP contribution >= 0.6 is 15.9 Å². The standard InChI is InChI=1S/C21H24BrN3O5S/c22-17-8-10-18(11-9-17)31(28,29)25-13-14-30-19(25)15-24-21(27)20(26)23-12-4-7-16-5-2-1-3-6-16/h1-3,5-6,8-11,19H,4,7,12-15H2,(H,23,26)(H,24,27)/t19-/m0/s1. The molecule has 0 aliphatic carbocycles. The van der Waals surface area contributed by atoms with Crippen LogP contribution in [0.2, 0.25) is 0 Å². The first kappa shape index (κ1) is 23.4. The molecule has 1 aliphatic heterocycles. The van der Waals surface area contributed by atoms with Gasteiger partial charge >= 0.3 is 11.8 Å².